The van der Waals surface area contributed by atoms with E-state index in [2.05, 4.69) is 19.1 Å². The van der Waals surface area contributed by atoms with E-state index in [-0.39, 0.29) is 12.4 Å². The summed E-state index contributed by atoms with van der Waals surface area (Å²) in [4.78, 5) is 0. The van der Waals surface area contributed by atoms with Gasteiger partial charge in [-0.3, -0.25) is 0 Å². The van der Waals surface area contributed by atoms with E-state index in [0.717, 1.165) is 6.42 Å². The fourth-order valence-electron chi connectivity index (χ4n) is 1.51. The van der Waals surface area contributed by atoms with Gasteiger partial charge >= 0.3 is 0 Å². The first kappa shape index (κ1) is 8.73. The van der Waals surface area contributed by atoms with Crippen molar-refractivity contribution in [3.05, 3.63) is 35.9 Å². The van der Waals surface area contributed by atoms with Crippen molar-refractivity contribution < 1.29 is 9.47 Å². The fourth-order valence-corrected chi connectivity index (χ4v) is 1.51. The van der Waals surface area contributed by atoms with Crippen LogP contribution in [0.1, 0.15) is 25.0 Å². The lowest BCUT2D eigenvalue weighted by Gasteiger charge is -2.09. The maximum atomic E-state index is 5.67. The lowest BCUT2D eigenvalue weighted by Crippen LogP contribution is -2.05. The first-order valence-electron chi connectivity index (χ1n) is 4.72. The topological polar surface area (TPSA) is 18.5 Å². The number of hydrogen-bond donors (Lipinski definition) is 0. The maximum Gasteiger partial charge on any atom is 0.158 e. The Labute approximate surface area is 78.5 Å². The van der Waals surface area contributed by atoms with Gasteiger partial charge < -0.3 is 9.47 Å². The molecular formula is C11H14O2. The van der Waals surface area contributed by atoms with Crippen LogP contribution in [-0.2, 0) is 9.47 Å². The minimum atomic E-state index is -0.00907. The Hall–Kier alpha value is -0.860. The molecule has 13 heavy (non-hydrogen) atoms. The fraction of sp³-hybridized carbons (Fsp3) is 0.455. The Balaban J connectivity index is 2.04. The standard InChI is InChI=1S/C11H14O2/c1-2-11-12-8-10(13-11)9-6-4-3-5-7-9/h3-7,10-11H,2,8H2,1H3/t10-,11+/m1/s1. The minimum absolute atomic E-state index is 0.00907. The van der Waals surface area contributed by atoms with Gasteiger partial charge in [0.25, 0.3) is 0 Å². The lowest BCUT2D eigenvalue weighted by molar-refractivity contribution is -0.0592. The average Bonchev–Trinajstić information content (AvgIpc) is 2.67. The van der Waals surface area contributed by atoms with Crippen LogP contribution in [0, 0.1) is 0 Å². The van der Waals surface area contributed by atoms with Crippen molar-refractivity contribution >= 4 is 0 Å². The Morgan fingerprint density at radius 3 is 2.69 bits per heavy atom. The van der Waals surface area contributed by atoms with Gasteiger partial charge in [-0.15, -0.1) is 0 Å². The molecule has 0 unspecified atom stereocenters. The molecule has 1 fully saturated rings. The van der Waals surface area contributed by atoms with Crippen LogP contribution in [0.5, 0.6) is 0 Å². The molecule has 1 heterocycles. The van der Waals surface area contributed by atoms with E-state index >= 15 is 0 Å². The first-order valence-corrected chi connectivity index (χ1v) is 4.72. The number of rotatable bonds is 2. The number of hydrogen-bond acceptors (Lipinski definition) is 2. The minimum Gasteiger partial charge on any atom is -0.350 e. The van der Waals surface area contributed by atoms with E-state index in [9.17, 15) is 0 Å². The molecule has 2 heteroatoms. The first-order chi connectivity index (χ1) is 6.40. The number of ether oxygens (including phenoxy) is 2. The van der Waals surface area contributed by atoms with Crippen molar-refractivity contribution in [1.82, 2.24) is 0 Å². The zero-order valence-corrected chi connectivity index (χ0v) is 7.77. The van der Waals surface area contributed by atoms with Gasteiger partial charge in [0, 0.05) is 0 Å². The Bertz CT molecular complexity index is 258. The molecule has 0 spiro atoms. The van der Waals surface area contributed by atoms with Crippen molar-refractivity contribution in [2.24, 2.45) is 0 Å². The Kier molecular flexibility index (Phi) is 2.62. The summed E-state index contributed by atoms with van der Waals surface area (Å²) in [6.45, 7) is 2.75. The molecule has 1 saturated heterocycles. The van der Waals surface area contributed by atoms with Gasteiger partial charge in [0.2, 0.25) is 0 Å². The van der Waals surface area contributed by atoms with E-state index in [4.69, 9.17) is 9.47 Å². The highest BCUT2D eigenvalue weighted by atomic mass is 16.7. The summed E-state index contributed by atoms with van der Waals surface area (Å²) >= 11 is 0. The predicted molar refractivity (Wildman–Crippen MR) is 50.3 cm³/mol. The van der Waals surface area contributed by atoms with E-state index in [0.29, 0.717) is 6.61 Å². The third kappa shape index (κ3) is 1.90. The molecular weight excluding hydrogens is 164 g/mol. The molecule has 0 N–H and O–H groups in total. The molecule has 0 saturated carbocycles. The molecule has 1 aromatic carbocycles. The van der Waals surface area contributed by atoms with Crippen molar-refractivity contribution in [2.75, 3.05) is 6.61 Å². The van der Waals surface area contributed by atoms with Crippen molar-refractivity contribution in [3.63, 3.8) is 0 Å². The van der Waals surface area contributed by atoms with Crippen LogP contribution in [0.25, 0.3) is 0 Å². The highest BCUT2D eigenvalue weighted by Crippen LogP contribution is 2.27. The molecule has 70 valence electrons. The van der Waals surface area contributed by atoms with Gasteiger partial charge in [-0.1, -0.05) is 37.3 Å². The average molecular weight is 178 g/mol. The van der Waals surface area contributed by atoms with Gasteiger partial charge in [-0.05, 0) is 12.0 Å². The van der Waals surface area contributed by atoms with Crippen LogP contribution < -0.4 is 0 Å². The summed E-state index contributed by atoms with van der Waals surface area (Å²) in [6.07, 6.45) is 1.04. The highest BCUT2D eigenvalue weighted by molar-refractivity contribution is 5.18. The lowest BCUT2D eigenvalue weighted by atomic mass is 10.1. The van der Waals surface area contributed by atoms with Crippen LogP contribution in [-0.4, -0.2) is 12.9 Å². The molecule has 2 nitrogen and oxygen atoms in total. The third-order valence-electron chi connectivity index (χ3n) is 2.25. The van der Waals surface area contributed by atoms with Gasteiger partial charge in [-0.2, -0.15) is 0 Å². The van der Waals surface area contributed by atoms with Gasteiger partial charge in [0.1, 0.15) is 6.10 Å². The summed E-state index contributed by atoms with van der Waals surface area (Å²) < 4.78 is 11.1. The molecule has 0 bridgehead atoms. The van der Waals surface area contributed by atoms with Crippen molar-refractivity contribution in [2.45, 2.75) is 25.7 Å². The molecule has 1 aliphatic rings. The normalized spacial score (nSPS) is 27.8. The summed E-state index contributed by atoms with van der Waals surface area (Å²) in [7, 11) is 0. The van der Waals surface area contributed by atoms with Gasteiger partial charge in [0.15, 0.2) is 6.29 Å². The SMILES string of the molecule is CC[C@H]1OC[C@H](c2ccccc2)O1. The molecule has 2 rings (SSSR count). The Morgan fingerprint density at radius 2 is 2.08 bits per heavy atom. The zero-order valence-electron chi connectivity index (χ0n) is 7.77. The van der Waals surface area contributed by atoms with Crippen molar-refractivity contribution in [1.29, 1.82) is 0 Å². The van der Waals surface area contributed by atoms with Crippen LogP contribution in [0.15, 0.2) is 30.3 Å². The largest absolute Gasteiger partial charge is 0.350 e. The molecule has 0 radical (unpaired) electrons. The molecule has 1 aliphatic heterocycles. The van der Waals surface area contributed by atoms with E-state index in [1.807, 2.05) is 18.2 Å². The van der Waals surface area contributed by atoms with E-state index in [1.54, 1.807) is 0 Å². The Morgan fingerprint density at radius 1 is 1.31 bits per heavy atom. The maximum absolute atomic E-state index is 5.67. The predicted octanol–water partition coefficient (Wildman–Crippen LogP) is 2.51. The molecule has 2 atom stereocenters. The van der Waals surface area contributed by atoms with Crippen molar-refractivity contribution in [3.8, 4) is 0 Å². The van der Waals surface area contributed by atoms with Gasteiger partial charge in [0.05, 0.1) is 6.61 Å². The summed E-state index contributed by atoms with van der Waals surface area (Å²) in [5.41, 5.74) is 1.21. The second-order valence-electron chi connectivity index (χ2n) is 3.21. The van der Waals surface area contributed by atoms with Crippen LogP contribution in [0.3, 0.4) is 0 Å². The van der Waals surface area contributed by atoms with Crippen LogP contribution in [0.4, 0.5) is 0 Å². The zero-order chi connectivity index (χ0) is 9.10. The molecule has 0 aromatic heterocycles. The highest BCUT2D eigenvalue weighted by Gasteiger charge is 2.25. The second-order valence-corrected chi connectivity index (χ2v) is 3.21. The summed E-state index contributed by atoms with van der Waals surface area (Å²) in [5, 5.41) is 0. The molecule has 0 aliphatic carbocycles. The van der Waals surface area contributed by atoms with E-state index in [1.165, 1.54) is 5.56 Å². The van der Waals surface area contributed by atoms with Gasteiger partial charge in [-0.25, -0.2) is 0 Å². The number of benzene rings is 1. The second kappa shape index (κ2) is 3.90. The van der Waals surface area contributed by atoms with Crippen LogP contribution >= 0.6 is 0 Å². The smallest absolute Gasteiger partial charge is 0.158 e. The quantitative estimate of drug-likeness (QED) is 0.692. The molecule has 1 aromatic rings. The summed E-state index contributed by atoms with van der Waals surface area (Å²) in [6, 6.07) is 10.2. The third-order valence-corrected chi connectivity index (χ3v) is 2.25. The molecule has 0 amide bonds. The van der Waals surface area contributed by atoms with E-state index < -0.39 is 0 Å². The van der Waals surface area contributed by atoms with Crippen LogP contribution in [0.2, 0.25) is 0 Å². The summed E-state index contributed by atoms with van der Waals surface area (Å²) in [5.74, 6) is 0. The monoisotopic (exact) mass is 178 g/mol.